The smallest absolute Gasteiger partial charge is 0.306 e. The molecule has 2 aromatic carbocycles. The second kappa shape index (κ2) is 16.5. The summed E-state index contributed by atoms with van der Waals surface area (Å²) in [6.45, 7) is 13.2. The molecular weight excluding hydrogens is 641 g/mol. The van der Waals surface area contributed by atoms with E-state index >= 15 is 13.2 Å². The zero-order valence-electron chi connectivity index (χ0n) is 31.1. The molecule has 0 aliphatic heterocycles. The fourth-order valence-corrected chi connectivity index (χ4v) is 7.13. The van der Waals surface area contributed by atoms with Crippen LogP contribution >= 0.6 is 0 Å². The molecule has 0 spiro atoms. The van der Waals surface area contributed by atoms with E-state index in [-0.39, 0.29) is 40.7 Å². The minimum atomic E-state index is -1.23. The molecular formula is C41H53F3N2O4. The summed E-state index contributed by atoms with van der Waals surface area (Å²) in [6.07, 6.45) is 4.58. The molecule has 6 nitrogen and oxygen atoms in total. The molecule has 1 aliphatic carbocycles. The normalized spacial score (nSPS) is 14.4. The molecule has 0 radical (unpaired) electrons. The fourth-order valence-electron chi connectivity index (χ4n) is 7.13. The first-order chi connectivity index (χ1) is 23.5. The first-order valence-electron chi connectivity index (χ1n) is 17.9. The Morgan fingerprint density at radius 3 is 2.22 bits per heavy atom. The Kier molecular flexibility index (Phi) is 12.9. The molecule has 3 aromatic rings. The van der Waals surface area contributed by atoms with Crippen LogP contribution in [-0.2, 0) is 20.7 Å². The molecule has 1 unspecified atom stereocenters. The second-order valence-corrected chi connectivity index (χ2v) is 14.8. The number of ketones is 1. The summed E-state index contributed by atoms with van der Waals surface area (Å²) in [5.41, 5.74) is 3.05. The van der Waals surface area contributed by atoms with Gasteiger partial charge in [0.2, 0.25) is 0 Å². The Labute approximate surface area is 295 Å². The third-order valence-corrected chi connectivity index (χ3v) is 9.85. The van der Waals surface area contributed by atoms with Crippen molar-refractivity contribution in [2.75, 3.05) is 27.2 Å². The summed E-state index contributed by atoms with van der Waals surface area (Å²) in [5.74, 6) is -4.38. The number of nitrogens with zero attached hydrogens (tertiary/aromatic N) is 2. The van der Waals surface area contributed by atoms with Crippen LogP contribution in [0.1, 0.15) is 116 Å². The van der Waals surface area contributed by atoms with Gasteiger partial charge in [0.05, 0.1) is 19.1 Å². The van der Waals surface area contributed by atoms with Crippen LogP contribution < -0.4 is 5.56 Å². The summed E-state index contributed by atoms with van der Waals surface area (Å²) >= 11 is 0. The van der Waals surface area contributed by atoms with E-state index in [1.807, 2.05) is 34.9 Å². The molecule has 9 heteroatoms. The first kappa shape index (κ1) is 39.1. The quantitative estimate of drug-likeness (QED) is 0.140. The average molecular weight is 695 g/mol. The van der Waals surface area contributed by atoms with Gasteiger partial charge < -0.3 is 14.2 Å². The zero-order valence-corrected chi connectivity index (χ0v) is 31.1. The van der Waals surface area contributed by atoms with Crippen molar-refractivity contribution >= 4 is 11.8 Å². The Morgan fingerprint density at radius 2 is 1.62 bits per heavy atom. The second-order valence-electron chi connectivity index (χ2n) is 14.8. The number of hydrogen-bond donors (Lipinski definition) is 0. The molecule has 0 amide bonds. The van der Waals surface area contributed by atoms with E-state index < -0.39 is 59.6 Å². The molecule has 1 heterocycles. The van der Waals surface area contributed by atoms with Gasteiger partial charge in [-0.25, -0.2) is 13.2 Å². The van der Waals surface area contributed by atoms with Gasteiger partial charge in [-0.05, 0) is 144 Å². The van der Waals surface area contributed by atoms with Gasteiger partial charge >= 0.3 is 5.97 Å². The predicted molar refractivity (Wildman–Crippen MR) is 192 cm³/mol. The predicted octanol–water partition coefficient (Wildman–Crippen LogP) is 8.82. The third kappa shape index (κ3) is 8.95. The van der Waals surface area contributed by atoms with Crippen molar-refractivity contribution in [3.63, 3.8) is 0 Å². The van der Waals surface area contributed by atoms with Crippen molar-refractivity contribution in [2.24, 2.45) is 5.92 Å². The van der Waals surface area contributed by atoms with Crippen LogP contribution in [0.2, 0.25) is 0 Å². The van der Waals surface area contributed by atoms with E-state index in [4.69, 9.17) is 4.74 Å². The summed E-state index contributed by atoms with van der Waals surface area (Å²) in [7, 11) is 3.98. The minimum absolute atomic E-state index is 0.0105. The lowest BCUT2D eigenvalue weighted by molar-refractivity contribution is -0.143. The number of rotatable bonds is 16. The highest BCUT2D eigenvalue weighted by Crippen LogP contribution is 2.45. The molecule has 0 N–H and O–H groups in total. The number of aromatic nitrogens is 1. The van der Waals surface area contributed by atoms with Crippen LogP contribution in [0.4, 0.5) is 13.2 Å². The fraction of sp³-hybridized carbons (Fsp3) is 0.537. The highest BCUT2D eigenvalue weighted by molar-refractivity contribution is 5.85. The van der Waals surface area contributed by atoms with Gasteiger partial charge in [0.15, 0.2) is 5.78 Å². The minimum Gasteiger partial charge on any atom is -0.466 e. The van der Waals surface area contributed by atoms with Crippen LogP contribution in [0.3, 0.4) is 0 Å². The Morgan fingerprint density at radius 1 is 0.940 bits per heavy atom. The molecule has 0 bridgehead atoms. The molecule has 2 atom stereocenters. The standard InChI is InChI=1S/C41H53F3N2O4/c1-10-50-36(49)21-30(20-34(47)33(16-23(2)3)46-22-29(12-11-15-45(8)9)24(4)19-35(46)48)38-39(42)26(6)18-32(41(38)44)37-25(5)17-31(28-13-14-28)40(43)27(37)7/h17-19,22-23,28,30,33H,10-16,20-21H2,1-9H3/t30-,33?/m0/s1. The maximum Gasteiger partial charge on any atom is 0.306 e. The van der Waals surface area contributed by atoms with E-state index in [1.165, 1.54) is 23.6 Å². The monoisotopic (exact) mass is 694 g/mol. The van der Waals surface area contributed by atoms with Crippen LogP contribution in [0.5, 0.6) is 0 Å². The zero-order chi connectivity index (χ0) is 37.0. The largest absolute Gasteiger partial charge is 0.466 e. The molecule has 4 rings (SSSR count). The van der Waals surface area contributed by atoms with Crippen molar-refractivity contribution < 1.29 is 27.5 Å². The highest BCUT2D eigenvalue weighted by atomic mass is 19.1. The Hall–Kier alpha value is -3.72. The van der Waals surface area contributed by atoms with Crippen LogP contribution in [0.25, 0.3) is 11.1 Å². The molecule has 50 heavy (non-hydrogen) atoms. The molecule has 1 fully saturated rings. The van der Waals surface area contributed by atoms with Gasteiger partial charge in [-0.15, -0.1) is 0 Å². The van der Waals surface area contributed by atoms with E-state index in [0.29, 0.717) is 29.5 Å². The lowest BCUT2D eigenvalue weighted by Crippen LogP contribution is -2.32. The van der Waals surface area contributed by atoms with E-state index in [1.54, 1.807) is 33.0 Å². The third-order valence-electron chi connectivity index (χ3n) is 9.85. The van der Waals surface area contributed by atoms with Crippen molar-refractivity contribution in [2.45, 2.75) is 111 Å². The van der Waals surface area contributed by atoms with Gasteiger partial charge in [-0.3, -0.25) is 14.4 Å². The molecule has 1 aromatic heterocycles. The van der Waals surface area contributed by atoms with E-state index in [2.05, 4.69) is 4.90 Å². The van der Waals surface area contributed by atoms with Crippen molar-refractivity contribution in [3.8, 4) is 11.1 Å². The van der Waals surface area contributed by atoms with Gasteiger partial charge in [0.25, 0.3) is 5.56 Å². The number of benzene rings is 2. The van der Waals surface area contributed by atoms with Crippen molar-refractivity contribution in [3.05, 3.63) is 91.1 Å². The molecule has 272 valence electrons. The Balaban J connectivity index is 1.82. The molecule has 1 saturated carbocycles. The van der Waals surface area contributed by atoms with Gasteiger partial charge in [0.1, 0.15) is 17.5 Å². The average Bonchev–Trinajstić information content (AvgIpc) is 3.87. The first-order valence-corrected chi connectivity index (χ1v) is 17.9. The van der Waals surface area contributed by atoms with Crippen molar-refractivity contribution in [1.82, 2.24) is 9.47 Å². The summed E-state index contributed by atoms with van der Waals surface area (Å²) in [6, 6.07) is 3.74. The summed E-state index contributed by atoms with van der Waals surface area (Å²) < 4.78 is 55.4. The number of pyridine rings is 1. The van der Waals surface area contributed by atoms with Gasteiger partial charge in [-0.2, -0.15) is 0 Å². The van der Waals surface area contributed by atoms with Crippen molar-refractivity contribution in [1.29, 1.82) is 0 Å². The maximum absolute atomic E-state index is 16.9. The number of carbonyl (C=O) groups is 2. The van der Waals surface area contributed by atoms with E-state index in [0.717, 1.165) is 36.9 Å². The Bertz CT molecular complexity index is 1790. The highest BCUT2D eigenvalue weighted by Gasteiger charge is 2.34. The van der Waals surface area contributed by atoms with Crippen LogP contribution in [-0.4, -0.2) is 48.5 Å². The number of hydrogen-bond acceptors (Lipinski definition) is 5. The lowest BCUT2D eigenvalue weighted by atomic mass is 9.82. The number of esters is 1. The number of ether oxygens (including phenoxy) is 1. The van der Waals surface area contributed by atoms with Crippen LogP contribution in [0.15, 0.2) is 29.2 Å². The van der Waals surface area contributed by atoms with Gasteiger partial charge in [0, 0.05) is 35.7 Å². The number of Topliss-reactive ketones (excluding diaryl/α,β-unsaturated/α-hetero) is 1. The number of aryl methyl sites for hydroxylation is 4. The van der Waals surface area contributed by atoms with E-state index in [9.17, 15) is 14.4 Å². The number of carbonyl (C=O) groups excluding carboxylic acids is 2. The summed E-state index contributed by atoms with van der Waals surface area (Å²) in [5, 5.41) is 0. The number of halogens is 3. The van der Waals surface area contributed by atoms with Crippen LogP contribution in [0, 0.1) is 51.1 Å². The molecule has 1 aliphatic rings. The summed E-state index contributed by atoms with van der Waals surface area (Å²) in [4.78, 5) is 42.8. The lowest BCUT2D eigenvalue weighted by Gasteiger charge is -2.26. The molecule has 0 saturated heterocycles. The topological polar surface area (TPSA) is 68.6 Å². The maximum atomic E-state index is 16.9. The SMILES string of the molecule is CCOC(=O)C[C@H](CC(=O)C(CC(C)C)n1cc(CCCN(C)C)c(C)cc1=O)c1c(F)c(C)cc(-c2c(C)cc(C3CC3)c(F)c2C)c1F. The van der Waals surface area contributed by atoms with Gasteiger partial charge in [-0.1, -0.05) is 19.9 Å².